The van der Waals surface area contributed by atoms with Crippen molar-refractivity contribution in [1.29, 1.82) is 0 Å². The number of hydrogen-bond acceptors (Lipinski definition) is 2. The van der Waals surface area contributed by atoms with Crippen molar-refractivity contribution in [3.05, 3.63) is 35.8 Å². The maximum Gasteiger partial charge on any atom is 0.166 e. The Bertz CT molecular complexity index is 347. The van der Waals surface area contributed by atoms with E-state index in [2.05, 4.69) is 6.08 Å². The van der Waals surface area contributed by atoms with Crippen molar-refractivity contribution in [2.24, 2.45) is 0 Å². The van der Waals surface area contributed by atoms with Crippen LogP contribution in [0.3, 0.4) is 0 Å². The first-order chi connectivity index (χ1) is 7.36. The predicted octanol–water partition coefficient (Wildman–Crippen LogP) is 3.28. The Morgan fingerprint density at radius 1 is 1.33 bits per heavy atom. The molecule has 0 saturated carbocycles. The maximum atomic E-state index is 11.9. The number of allylic oxidation sites excluding steroid dienone is 2. The first-order valence-electron chi connectivity index (χ1n) is 5.61. The number of ketones is 1. The summed E-state index contributed by atoms with van der Waals surface area (Å²) in [7, 11) is 0. The van der Waals surface area contributed by atoms with Crippen LogP contribution in [-0.2, 0) is 11.2 Å². The summed E-state index contributed by atoms with van der Waals surface area (Å²) >= 11 is 0. The van der Waals surface area contributed by atoms with Crippen LogP contribution in [0, 0.1) is 0 Å². The first kappa shape index (κ1) is 10.2. The SMILES string of the molecule is O=C(Cc1ccco1)C1=CCCCCC1. The van der Waals surface area contributed by atoms with Gasteiger partial charge in [0.2, 0.25) is 0 Å². The summed E-state index contributed by atoms with van der Waals surface area (Å²) < 4.78 is 5.18. The molecule has 1 heterocycles. The van der Waals surface area contributed by atoms with Gasteiger partial charge >= 0.3 is 0 Å². The summed E-state index contributed by atoms with van der Waals surface area (Å²) in [5, 5.41) is 0. The molecule has 0 fully saturated rings. The Morgan fingerprint density at radius 2 is 2.27 bits per heavy atom. The van der Waals surface area contributed by atoms with E-state index in [4.69, 9.17) is 4.42 Å². The minimum Gasteiger partial charge on any atom is -0.469 e. The zero-order valence-corrected chi connectivity index (χ0v) is 8.87. The molecule has 15 heavy (non-hydrogen) atoms. The zero-order chi connectivity index (χ0) is 10.5. The summed E-state index contributed by atoms with van der Waals surface area (Å²) in [5.74, 6) is 0.997. The lowest BCUT2D eigenvalue weighted by Crippen LogP contribution is -2.05. The molecule has 1 aromatic heterocycles. The molecule has 0 aromatic carbocycles. The monoisotopic (exact) mass is 204 g/mol. The van der Waals surface area contributed by atoms with Crippen molar-refractivity contribution in [2.45, 2.75) is 38.5 Å². The standard InChI is InChI=1S/C13H16O2/c14-13(10-12-8-5-9-15-12)11-6-3-1-2-4-7-11/h5-6,8-9H,1-4,7,10H2. The molecule has 0 unspecified atom stereocenters. The van der Waals surface area contributed by atoms with E-state index in [0.717, 1.165) is 30.6 Å². The molecule has 1 aromatic rings. The molecule has 0 amide bonds. The smallest absolute Gasteiger partial charge is 0.166 e. The summed E-state index contributed by atoms with van der Waals surface area (Å²) in [4.78, 5) is 11.9. The van der Waals surface area contributed by atoms with Gasteiger partial charge in [-0.05, 0) is 43.4 Å². The van der Waals surface area contributed by atoms with Crippen LogP contribution in [0.4, 0.5) is 0 Å². The van der Waals surface area contributed by atoms with Gasteiger partial charge in [0.05, 0.1) is 12.7 Å². The average Bonchev–Trinajstić information content (AvgIpc) is 2.58. The van der Waals surface area contributed by atoms with E-state index in [-0.39, 0.29) is 5.78 Å². The first-order valence-corrected chi connectivity index (χ1v) is 5.61. The van der Waals surface area contributed by atoms with Gasteiger partial charge < -0.3 is 4.42 Å². The summed E-state index contributed by atoms with van der Waals surface area (Å²) in [6.45, 7) is 0. The van der Waals surface area contributed by atoms with Gasteiger partial charge in [0, 0.05) is 0 Å². The minimum absolute atomic E-state index is 0.229. The molecule has 2 nitrogen and oxygen atoms in total. The van der Waals surface area contributed by atoms with Crippen molar-refractivity contribution in [2.75, 3.05) is 0 Å². The molecular formula is C13H16O2. The van der Waals surface area contributed by atoms with Crippen molar-refractivity contribution in [1.82, 2.24) is 0 Å². The molecule has 0 N–H and O–H groups in total. The van der Waals surface area contributed by atoms with E-state index < -0.39 is 0 Å². The molecule has 0 radical (unpaired) electrons. The van der Waals surface area contributed by atoms with Crippen LogP contribution in [0.25, 0.3) is 0 Å². The van der Waals surface area contributed by atoms with Gasteiger partial charge in [-0.15, -0.1) is 0 Å². The fraction of sp³-hybridized carbons (Fsp3) is 0.462. The highest BCUT2D eigenvalue weighted by Crippen LogP contribution is 2.19. The summed E-state index contributed by atoms with van der Waals surface area (Å²) in [5.41, 5.74) is 1.00. The number of carbonyl (C=O) groups excluding carboxylic acids is 1. The zero-order valence-electron chi connectivity index (χ0n) is 8.87. The van der Waals surface area contributed by atoms with Crippen molar-refractivity contribution < 1.29 is 9.21 Å². The molecule has 0 atom stereocenters. The van der Waals surface area contributed by atoms with Crippen LogP contribution in [0.15, 0.2) is 34.5 Å². The molecule has 2 rings (SSSR count). The van der Waals surface area contributed by atoms with E-state index in [9.17, 15) is 4.79 Å². The Kier molecular flexibility index (Phi) is 3.38. The fourth-order valence-corrected chi connectivity index (χ4v) is 1.95. The second-order valence-corrected chi connectivity index (χ2v) is 4.01. The largest absolute Gasteiger partial charge is 0.469 e. The normalized spacial score (nSPS) is 16.9. The third-order valence-corrected chi connectivity index (χ3v) is 2.81. The van der Waals surface area contributed by atoms with Crippen molar-refractivity contribution in [3.63, 3.8) is 0 Å². The topological polar surface area (TPSA) is 30.2 Å². The van der Waals surface area contributed by atoms with E-state index in [1.165, 1.54) is 12.8 Å². The number of furan rings is 1. The Morgan fingerprint density at radius 3 is 3.07 bits per heavy atom. The highest BCUT2D eigenvalue weighted by atomic mass is 16.3. The van der Waals surface area contributed by atoms with Crippen LogP contribution < -0.4 is 0 Å². The molecular weight excluding hydrogens is 188 g/mol. The van der Waals surface area contributed by atoms with Gasteiger partial charge in [-0.1, -0.05) is 12.5 Å². The maximum absolute atomic E-state index is 11.9. The molecule has 0 bridgehead atoms. The number of hydrogen-bond donors (Lipinski definition) is 0. The fourth-order valence-electron chi connectivity index (χ4n) is 1.95. The quantitative estimate of drug-likeness (QED) is 0.756. The number of rotatable bonds is 3. The number of Topliss-reactive ketones (excluding diaryl/α,β-unsaturated/α-hetero) is 1. The van der Waals surface area contributed by atoms with Gasteiger partial charge in [-0.2, -0.15) is 0 Å². The summed E-state index contributed by atoms with van der Waals surface area (Å²) in [6, 6.07) is 3.68. The summed E-state index contributed by atoms with van der Waals surface area (Å²) in [6.07, 6.45) is 9.75. The van der Waals surface area contributed by atoms with Crippen LogP contribution >= 0.6 is 0 Å². The van der Waals surface area contributed by atoms with Gasteiger partial charge in [-0.3, -0.25) is 4.79 Å². The predicted molar refractivity (Wildman–Crippen MR) is 58.6 cm³/mol. The highest BCUT2D eigenvalue weighted by Gasteiger charge is 2.13. The number of carbonyl (C=O) groups is 1. The Hall–Kier alpha value is -1.31. The van der Waals surface area contributed by atoms with Gasteiger partial charge in [-0.25, -0.2) is 0 Å². The lowest BCUT2D eigenvalue weighted by atomic mass is 10.0. The van der Waals surface area contributed by atoms with E-state index in [1.54, 1.807) is 6.26 Å². The lowest BCUT2D eigenvalue weighted by Gasteiger charge is -2.02. The highest BCUT2D eigenvalue weighted by molar-refractivity contribution is 5.96. The molecule has 1 aliphatic carbocycles. The van der Waals surface area contributed by atoms with E-state index in [0.29, 0.717) is 6.42 Å². The molecule has 0 aliphatic heterocycles. The van der Waals surface area contributed by atoms with Crippen LogP contribution in [0.1, 0.15) is 37.9 Å². The van der Waals surface area contributed by atoms with E-state index in [1.807, 2.05) is 12.1 Å². The molecule has 1 aliphatic rings. The van der Waals surface area contributed by atoms with Crippen LogP contribution in [0.2, 0.25) is 0 Å². The van der Waals surface area contributed by atoms with Gasteiger partial charge in [0.15, 0.2) is 5.78 Å². The third kappa shape index (κ3) is 2.82. The average molecular weight is 204 g/mol. The third-order valence-electron chi connectivity index (χ3n) is 2.81. The van der Waals surface area contributed by atoms with E-state index >= 15 is 0 Å². The van der Waals surface area contributed by atoms with Crippen LogP contribution in [-0.4, -0.2) is 5.78 Å². The Balaban J connectivity index is 1.98. The molecule has 0 spiro atoms. The Labute approximate surface area is 90.0 Å². The van der Waals surface area contributed by atoms with Gasteiger partial charge in [0.1, 0.15) is 5.76 Å². The van der Waals surface area contributed by atoms with Crippen molar-refractivity contribution >= 4 is 5.78 Å². The minimum atomic E-state index is 0.229. The lowest BCUT2D eigenvalue weighted by molar-refractivity contribution is -0.115. The van der Waals surface area contributed by atoms with Crippen molar-refractivity contribution in [3.8, 4) is 0 Å². The van der Waals surface area contributed by atoms with Gasteiger partial charge in [0.25, 0.3) is 0 Å². The second-order valence-electron chi connectivity index (χ2n) is 4.01. The molecule has 2 heteroatoms. The second kappa shape index (κ2) is 4.96. The molecule has 0 saturated heterocycles. The van der Waals surface area contributed by atoms with Crippen LogP contribution in [0.5, 0.6) is 0 Å². The molecule has 80 valence electrons.